The molecule has 1 saturated carbocycles. The lowest BCUT2D eigenvalue weighted by Gasteiger charge is -2.29. The minimum absolute atomic E-state index is 0.133. The standard InChI is InChI=1S/C20H27N3O2/c1-13(2)12-23-20(25)16-10-6-5-9-15(16)18(22-23)19(24)21-17-11-7-4-8-14(17)3/h5-6,9-10,13-14,17H,4,7-8,11-12H2,1-3H3,(H,21,24)/t14-,17+/m1/s1. The summed E-state index contributed by atoms with van der Waals surface area (Å²) in [7, 11) is 0. The van der Waals surface area contributed by atoms with Crippen LogP contribution in [0.15, 0.2) is 29.1 Å². The van der Waals surface area contributed by atoms with Crippen LogP contribution in [0.5, 0.6) is 0 Å². The molecule has 134 valence electrons. The molecule has 0 spiro atoms. The predicted molar refractivity (Wildman–Crippen MR) is 99.7 cm³/mol. The summed E-state index contributed by atoms with van der Waals surface area (Å²) < 4.78 is 1.44. The molecule has 1 aromatic heterocycles. The molecule has 0 bridgehead atoms. The Balaban J connectivity index is 2.00. The molecule has 5 nitrogen and oxygen atoms in total. The lowest BCUT2D eigenvalue weighted by molar-refractivity contribution is 0.0904. The molecule has 2 aromatic rings. The quantitative estimate of drug-likeness (QED) is 0.927. The first-order valence-electron chi connectivity index (χ1n) is 9.28. The van der Waals surface area contributed by atoms with E-state index in [2.05, 4.69) is 17.3 Å². The van der Waals surface area contributed by atoms with Crippen molar-refractivity contribution in [1.29, 1.82) is 0 Å². The number of rotatable bonds is 4. The van der Waals surface area contributed by atoms with E-state index in [0.29, 0.717) is 28.9 Å². The molecular formula is C20H27N3O2. The number of fused-ring (bicyclic) bond motifs is 1. The zero-order chi connectivity index (χ0) is 18.0. The highest BCUT2D eigenvalue weighted by molar-refractivity contribution is 6.04. The van der Waals surface area contributed by atoms with E-state index < -0.39 is 0 Å². The molecule has 1 amide bonds. The molecule has 1 heterocycles. The SMILES string of the molecule is CC(C)Cn1nc(C(=O)N[C@H]2CCCC[C@H]2C)c2ccccc2c1=O. The summed E-state index contributed by atoms with van der Waals surface area (Å²) >= 11 is 0. The van der Waals surface area contributed by atoms with Gasteiger partial charge in [0.15, 0.2) is 5.69 Å². The summed E-state index contributed by atoms with van der Waals surface area (Å²) in [6.45, 7) is 6.76. The predicted octanol–water partition coefficient (Wildman–Crippen LogP) is 3.36. The summed E-state index contributed by atoms with van der Waals surface area (Å²) in [5.74, 6) is 0.582. The number of benzene rings is 1. The molecule has 25 heavy (non-hydrogen) atoms. The molecule has 2 atom stereocenters. The second-order valence-corrected chi connectivity index (χ2v) is 7.62. The molecule has 5 heteroatoms. The van der Waals surface area contributed by atoms with Gasteiger partial charge < -0.3 is 5.32 Å². The van der Waals surface area contributed by atoms with Gasteiger partial charge in [-0.25, -0.2) is 4.68 Å². The highest BCUT2D eigenvalue weighted by Gasteiger charge is 2.25. The monoisotopic (exact) mass is 341 g/mol. The van der Waals surface area contributed by atoms with Crippen molar-refractivity contribution in [1.82, 2.24) is 15.1 Å². The fraction of sp³-hybridized carbons (Fsp3) is 0.550. The lowest BCUT2D eigenvalue weighted by atomic mass is 9.86. The normalized spacial score (nSPS) is 20.8. The average molecular weight is 341 g/mol. The first kappa shape index (κ1) is 17.6. The second kappa shape index (κ2) is 7.38. The summed E-state index contributed by atoms with van der Waals surface area (Å²) in [4.78, 5) is 25.6. The highest BCUT2D eigenvalue weighted by atomic mass is 16.2. The van der Waals surface area contributed by atoms with E-state index in [1.165, 1.54) is 11.1 Å². The summed E-state index contributed by atoms with van der Waals surface area (Å²) in [5, 5.41) is 8.77. The van der Waals surface area contributed by atoms with Crippen LogP contribution in [0.3, 0.4) is 0 Å². The van der Waals surface area contributed by atoms with Gasteiger partial charge in [0.05, 0.1) is 5.39 Å². The molecule has 3 rings (SSSR count). The zero-order valence-corrected chi connectivity index (χ0v) is 15.3. The van der Waals surface area contributed by atoms with Gasteiger partial charge in [-0.3, -0.25) is 9.59 Å². The second-order valence-electron chi connectivity index (χ2n) is 7.62. The van der Waals surface area contributed by atoms with Gasteiger partial charge in [-0.05, 0) is 30.7 Å². The van der Waals surface area contributed by atoms with E-state index in [9.17, 15) is 9.59 Å². The van der Waals surface area contributed by atoms with Crippen LogP contribution in [-0.4, -0.2) is 21.7 Å². The largest absolute Gasteiger partial charge is 0.348 e. The molecule has 0 unspecified atom stereocenters. The first-order valence-corrected chi connectivity index (χ1v) is 9.28. The Bertz CT molecular complexity index is 825. The number of carbonyl (C=O) groups is 1. The highest BCUT2D eigenvalue weighted by Crippen LogP contribution is 2.24. The van der Waals surface area contributed by atoms with Crippen LogP contribution in [0.1, 0.15) is 56.9 Å². The Morgan fingerprint density at radius 2 is 1.92 bits per heavy atom. The average Bonchev–Trinajstić information content (AvgIpc) is 2.59. The third-order valence-corrected chi connectivity index (χ3v) is 5.05. The van der Waals surface area contributed by atoms with Gasteiger partial charge in [-0.15, -0.1) is 0 Å². The van der Waals surface area contributed by atoms with E-state index in [1.807, 2.05) is 32.0 Å². The van der Waals surface area contributed by atoms with Crippen molar-refractivity contribution in [2.45, 2.75) is 59.0 Å². The number of amides is 1. The molecule has 0 radical (unpaired) electrons. The van der Waals surface area contributed by atoms with Crippen molar-refractivity contribution < 1.29 is 4.79 Å². The number of nitrogens with zero attached hydrogens (tertiary/aromatic N) is 2. The van der Waals surface area contributed by atoms with Gasteiger partial charge in [0.2, 0.25) is 0 Å². The van der Waals surface area contributed by atoms with Crippen LogP contribution in [0.2, 0.25) is 0 Å². The Morgan fingerprint density at radius 3 is 2.60 bits per heavy atom. The smallest absolute Gasteiger partial charge is 0.274 e. The van der Waals surface area contributed by atoms with E-state index >= 15 is 0 Å². The molecule has 1 aliphatic rings. The van der Waals surface area contributed by atoms with Gasteiger partial charge in [0, 0.05) is 18.0 Å². The third-order valence-electron chi connectivity index (χ3n) is 5.05. The molecule has 1 aromatic carbocycles. The summed E-state index contributed by atoms with van der Waals surface area (Å²) in [5.41, 5.74) is 0.223. The number of nitrogens with one attached hydrogen (secondary N) is 1. The Labute approximate surface area is 148 Å². The number of hydrogen-bond donors (Lipinski definition) is 1. The van der Waals surface area contributed by atoms with Crippen molar-refractivity contribution in [3.05, 3.63) is 40.3 Å². The zero-order valence-electron chi connectivity index (χ0n) is 15.3. The summed E-state index contributed by atoms with van der Waals surface area (Å²) in [6.07, 6.45) is 4.53. The lowest BCUT2D eigenvalue weighted by Crippen LogP contribution is -2.42. The van der Waals surface area contributed by atoms with Gasteiger partial charge in [-0.2, -0.15) is 5.10 Å². The fourth-order valence-corrected chi connectivity index (χ4v) is 3.64. The molecular weight excluding hydrogens is 314 g/mol. The van der Waals surface area contributed by atoms with Crippen molar-refractivity contribution in [2.24, 2.45) is 11.8 Å². The van der Waals surface area contributed by atoms with E-state index in [0.717, 1.165) is 19.3 Å². The summed E-state index contributed by atoms with van der Waals surface area (Å²) in [6, 6.07) is 7.44. The van der Waals surface area contributed by atoms with Crippen LogP contribution in [-0.2, 0) is 6.54 Å². The van der Waals surface area contributed by atoms with Gasteiger partial charge >= 0.3 is 0 Å². The number of aromatic nitrogens is 2. The van der Waals surface area contributed by atoms with Crippen LogP contribution >= 0.6 is 0 Å². The maximum absolute atomic E-state index is 12.9. The fourth-order valence-electron chi connectivity index (χ4n) is 3.64. The first-order chi connectivity index (χ1) is 12.0. The van der Waals surface area contributed by atoms with Crippen molar-refractivity contribution in [2.75, 3.05) is 0 Å². The van der Waals surface area contributed by atoms with E-state index in [1.54, 1.807) is 6.07 Å². The van der Waals surface area contributed by atoms with Gasteiger partial charge in [0.25, 0.3) is 11.5 Å². The van der Waals surface area contributed by atoms with Gasteiger partial charge in [0.1, 0.15) is 0 Å². The maximum Gasteiger partial charge on any atom is 0.274 e. The molecule has 1 aliphatic carbocycles. The van der Waals surface area contributed by atoms with Crippen molar-refractivity contribution in [3.8, 4) is 0 Å². The van der Waals surface area contributed by atoms with E-state index in [4.69, 9.17) is 0 Å². The Hall–Kier alpha value is -2.17. The number of carbonyl (C=O) groups excluding carboxylic acids is 1. The van der Waals surface area contributed by atoms with Crippen LogP contribution in [0, 0.1) is 11.8 Å². The Kier molecular flexibility index (Phi) is 5.21. The van der Waals surface area contributed by atoms with E-state index in [-0.39, 0.29) is 23.4 Å². The third kappa shape index (κ3) is 3.75. The topological polar surface area (TPSA) is 64.0 Å². The molecule has 1 fully saturated rings. The maximum atomic E-state index is 12.9. The molecule has 0 saturated heterocycles. The van der Waals surface area contributed by atoms with Gasteiger partial charge in [-0.1, -0.05) is 51.8 Å². The molecule has 0 aliphatic heterocycles. The Morgan fingerprint density at radius 1 is 1.24 bits per heavy atom. The van der Waals surface area contributed by atoms with Crippen LogP contribution < -0.4 is 10.9 Å². The van der Waals surface area contributed by atoms with Crippen LogP contribution in [0.25, 0.3) is 10.8 Å². The van der Waals surface area contributed by atoms with Crippen LogP contribution in [0.4, 0.5) is 0 Å². The molecule has 1 N–H and O–H groups in total. The minimum Gasteiger partial charge on any atom is -0.348 e. The van der Waals surface area contributed by atoms with Crippen molar-refractivity contribution in [3.63, 3.8) is 0 Å². The minimum atomic E-state index is -0.174. The van der Waals surface area contributed by atoms with Crippen molar-refractivity contribution >= 4 is 16.7 Å². The number of hydrogen-bond acceptors (Lipinski definition) is 3.